The third-order valence-corrected chi connectivity index (χ3v) is 2.15. The Bertz CT molecular complexity index is 330. The molecule has 1 rings (SSSR count). The first-order valence-electron chi connectivity index (χ1n) is 4.42. The maximum absolute atomic E-state index is 11.4. The minimum Gasteiger partial charge on any atom is -0.310 e. The first kappa shape index (κ1) is 10.9. The molecule has 0 radical (unpaired) electrons. The van der Waals surface area contributed by atoms with E-state index in [1.807, 2.05) is 13.8 Å². The van der Waals surface area contributed by atoms with E-state index >= 15 is 0 Å². The van der Waals surface area contributed by atoms with Crippen LogP contribution in [0, 0.1) is 5.92 Å². The molecule has 76 valence electrons. The molecule has 1 atom stereocenters. The van der Waals surface area contributed by atoms with Crippen molar-refractivity contribution in [2.45, 2.75) is 20.3 Å². The fourth-order valence-corrected chi connectivity index (χ4v) is 0.984. The van der Waals surface area contributed by atoms with E-state index in [4.69, 9.17) is 11.6 Å². The average molecular weight is 214 g/mol. The molecule has 1 N–H and O–H groups in total. The molecule has 14 heavy (non-hydrogen) atoms. The quantitative estimate of drug-likeness (QED) is 0.783. The lowest BCUT2D eigenvalue weighted by molar-refractivity contribution is -0.119. The van der Waals surface area contributed by atoms with Gasteiger partial charge in [0.05, 0.1) is 0 Å². The fraction of sp³-hybridized carbons (Fsp3) is 0.444. The lowest BCUT2D eigenvalue weighted by Crippen LogP contribution is -2.20. The van der Waals surface area contributed by atoms with Crippen LogP contribution in [0.3, 0.4) is 0 Å². The van der Waals surface area contributed by atoms with E-state index in [0.29, 0.717) is 11.0 Å². The van der Waals surface area contributed by atoms with E-state index in [1.165, 1.54) is 12.4 Å². The zero-order valence-corrected chi connectivity index (χ0v) is 8.88. The largest absolute Gasteiger partial charge is 0.310 e. The highest BCUT2D eigenvalue weighted by Crippen LogP contribution is 2.10. The number of rotatable bonds is 3. The molecule has 0 fully saturated rings. The van der Waals surface area contributed by atoms with Gasteiger partial charge in [-0.05, 0) is 6.42 Å². The zero-order valence-electron chi connectivity index (χ0n) is 8.12. The number of anilines is 1. The molecular formula is C9H12ClN3O. The summed E-state index contributed by atoms with van der Waals surface area (Å²) in [6.07, 6.45) is 2.11. The highest BCUT2D eigenvalue weighted by molar-refractivity contribution is 6.29. The fourth-order valence-electron chi connectivity index (χ4n) is 0.837. The van der Waals surface area contributed by atoms with Crippen LogP contribution in [-0.4, -0.2) is 15.9 Å². The Kier molecular flexibility index (Phi) is 3.83. The zero-order chi connectivity index (χ0) is 10.6. The highest BCUT2D eigenvalue weighted by Gasteiger charge is 2.10. The molecule has 0 aliphatic heterocycles. The number of hydrogen-bond donors (Lipinski definition) is 1. The van der Waals surface area contributed by atoms with Crippen molar-refractivity contribution in [3.05, 3.63) is 17.5 Å². The van der Waals surface area contributed by atoms with Crippen molar-refractivity contribution in [1.29, 1.82) is 0 Å². The SMILES string of the molecule is CCC(C)C(=O)Nc1cc(Cl)ncn1. The van der Waals surface area contributed by atoms with E-state index in [1.54, 1.807) is 0 Å². The average Bonchev–Trinajstić information content (AvgIpc) is 2.16. The van der Waals surface area contributed by atoms with Crippen molar-refractivity contribution in [2.24, 2.45) is 5.92 Å². The molecule has 0 saturated heterocycles. The predicted octanol–water partition coefficient (Wildman–Crippen LogP) is 2.11. The van der Waals surface area contributed by atoms with E-state index in [9.17, 15) is 4.79 Å². The second-order valence-corrected chi connectivity index (χ2v) is 3.41. The van der Waals surface area contributed by atoms with Crippen molar-refractivity contribution in [2.75, 3.05) is 5.32 Å². The van der Waals surface area contributed by atoms with Gasteiger partial charge in [0.2, 0.25) is 5.91 Å². The van der Waals surface area contributed by atoms with Gasteiger partial charge in [-0.2, -0.15) is 0 Å². The number of amides is 1. The molecule has 0 spiro atoms. The van der Waals surface area contributed by atoms with E-state index < -0.39 is 0 Å². The van der Waals surface area contributed by atoms with Crippen molar-refractivity contribution in [3.8, 4) is 0 Å². The van der Waals surface area contributed by atoms with Crippen LogP contribution in [0.5, 0.6) is 0 Å². The summed E-state index contributed by atoms with van der Waals surface area (Å²) in [5.41, 5.74) is 0. The maximum Gasteiger partial charge on any atom is 0.228 e. The second kappa shape index (κ2) is 4.91. The smallest absolute Gasteiger partial charge is 0.228 e. The van der Waals surface area contributed by atoms with Gasteiger partial charge in [-0.3, -0.25) is 4.79 Å². The Balaban J connectivity index is 2.65. The normalized spacial score (nSPS) is 12.2. The third-order valence-electron chi connectivity index (χ3n) is 1.94. The number of hydrogen-bond acceptors (Lipinski definition) is 3. The Morgan fingerprint density at radius 3 is 2.93 bits per heavy atom. The van der Waals surface area contributed by atoms with Crippen molar-refractivity contribution in [1.82, 2.24) is 9.97 Å². The Hall–Kier alpha value is -1.16. The van der Waals surface area contributed by atoms with Crippen LogP contribution in [0.1, 0.15) is 20.3 Å². The molecule has 1 aromatic heterocycles. The molecule has 5 heteroatoms. The summed E-state index contributed by atoms with van der Waals surface area (Å²) in [4.78, 5) is 19.0. The number of carbonyl (C=O) groups is 1. The van der Waals surface area contributed by atoms with Gasteiger partial charge < -0.3 is 5.32 Å². The van der Waals surface area contributed by atoms with Crippen LogP contribution in [0.15, 0.2) is 12.4 Å². The van der Waals surface area contributed by atoms with Crippen LogP contribution >= 0.6 is 11.6 Å². The van der Waals surface area contributed by atoms with Crippen LogP contribution in [0.4, 0.5) is 5.82 Å². The summed E-state index contributed by atoms with van der Waals surface area (Å²) in [6.45, 7) is 3.81. The molecule has 1 heterocycles. The van der Waals surface area contributed by atoms with Gasteiger partial charge >= 0.3 is 0 Å². The van der Waals surface area contributed by atoms with Gasteiger partial charge in [-0.1, -0.05) is 25.4 Å². The topological polar surface area (TPSA) is 54.9 Å². The van der Waals surface area contributed by atoms with E-state index in [2.05, 4.69) is 15.3 Å². The van der Waals surface area contributed by atoms with Crippen LogP contribution in [-0.2, 0) is 4.79 Å². The predicted molar refractivity (Wildman–Crippen MR) is 55.1 cm³/mol. The lowest BCUT2D eigenvalue weighted by Gasteiger charge is -2.08. The number of carbonyl (C=O) groups excluding carboxylic acids is 1. The molecule has 0 aliphatic rings. The maximum atomic E-state index is 11.4. The van der Waals surface area contributed by atoms with Gasteiger partial charge in [0.1, 0.15) is 17.3 Å². The summed E-state index contributed by atoms with van der Waals surface area (Å²) in [6, 6.07) is 1.52. The Labute approximate surface area is 87.7 Å². The van der Waals surface area contributed by atoms with Crippen LogP contribution in [0.25, 0.3) is 0 Å². The van der Waals surface area contributed by atoms with E-state index in [0.717, 1.165) is 6.42 Å². The third kappa shape index (κ3) is 2.96. The molecule has 4 nitrogen and oxygen atoms in total. The highest BCUT2D eigenvalue weighted by atomic mass is 35.5. The minimum atomic E-state index is -0.0535. The van der Waals surface area contributed by atoms with E-state index in [-0.39, 0.29) is 11.8 Å². The number of aromatic nitrogens is 2. The Morgan fingerprint density at radius 2 is 2.36 bits per heavy atom. The Morgan fingerprint density at radius 1 is 1.64 bits per heavy atom. The standard InChI is InChI=1S/C9H12ClN3O/c1-3-6(2)9(14)13-8-4-7(10)11-5-12-8/h4-6H,3H2,1-2H3,(H,11,12,13,14). The summed E-state index contributed by atoms with van der Waals surface area (Å²) < 4.78 is 0. The first-order chi connectivity index (χ1) is 6.63. The second-order valence-electron chi connectivity index (χ2n) is 3.02. The molecule has 0 saturated carbocycles. The molecular weight excluding hydrogens is 202 g/mol. The lowest BCUT2D eigenvalue weighted by atomic mass is 10.1. The van der Waals surface area contributed by atoms with Crippen LogP contribution < -0.4 is 5.32 Å². The van der Waals surface area contributed by atoms with Gasteiger partial charge in [-0.15, -0.1) is 0 Å². The number of halogens is 1. The first-order valence-corrected chi connectivity index (χ1v) is 4.79. The summed E-state index contributed by atoms with van der Waals surface area (Å²) in [5, 5.41) is 2.98. The summed E-state index contributed by atoms with van der Waals surface area (Å²) in [7, 11) is 0. The molecule has 1 unspecified atom stereocenters. The summed E-state index contributed by atoms with van der Waals surface area (Å²) in [5.74, 6) is 0.362. The van der Waals surface area contributed by atoms with Gasteiger partial charge in [0.15, 0.2) is 0 Å². The van der Waals surface area contributed by atoms with Crippen molar-refractivity contribution >= 4 is 23.3 Å². The monoisotopic (exact) mass is 213 g/mol. The van der Waals surface area contributed by atoms with Gasteiger partial charge in [-0.25, -0.2) is 9.97 Å². The van der Waals surface area contributed by atoms with Gasteiger partial charge in [0, 0.05) is 12.0 Å². The molecule has 1 amide bonds. The number of nitrogens with zero attached hydrogens (tertiary/aromatic N) is 2. The van der Waals surface area contributed by atoms with Crippen LogP contribution in [0.2, 0.25) is 5.15 Å². The summed E-state index contributed by atoms with van der Waals surface area (Å²) >= 11 is 5.64. The molecule has 1 aromatic rings. The molecule has 0 bridgehead atoms. The van der Waals surface area contributed by atoms with Crippen molar-refractivity contribution < 1.29 is 4.79 Å². The van der Waals surface area contributed by atoms with Crippen molar-refractivity contribution in [3.63, 3.8) is 0 Å². The molecule has 0 aliphatic carbocycles. The molecule has 0 aromatic carbocycles. The minimum absolute atomic E-state index is 0.0243. The van der Waals surface area contributed by atoms with Gasteiger partial charge in [0.25, 0.3) is 0 Å². The number of nitrogens with one attached hydrogen (secondary N) is 1.